The molecule has 1 unspecified atom stereocenters. The molecular formula is C28H57N. The summed E-state index contributed by atoms with van der Waals surface area (Å²) in [4.78, 5) is 0. The molecule has 0 rings (SSSR count). The molecule has 174 valence electrons. The summed E-state index contributed by atoms with van der Waals surface area (Å²) in [6.45, 7) is 4.57. The lowest BCUT2D eigenvalue weighted by Crippen LogP contribution is -2.19. The van der Waals surface area contributed by atoms with Gasteiger partial charge in [-0.05, 0) is 38.5 Å². The van der Waals surface area contributed by atoms with Crippen molar-refractivity contribution < 1.29 is 0 Å². The second kappa shape index (κ2) is 25.7. The van der Waals surface area contributed by atoms with Gasteiger partial charge >= 0.3 is 0 Å². The van der Waals surface area contributed by atoms with Gasteiger partial charge in [0.25, 0.3) is 0 Å². The van der Waals surface area contributed by atoms with Crippen LogP contribution in [0.1, 0.15) is 162 Å². The fraction of sp³-hybridized carbons (Fsp3) is 0.929. The first-order valence-electron chi connectivity index (χ1n) is 13.7. The fourth-order valence-corrected chi connectivity index (χ4v) is 4.16. The van der Waals surface area contributed by atoms with Crippen LogP contribution in [0, 0.1) is 0 Å². The van der Waals surface area contributed by atoms with Crippen molar-refractivity contribution in [2.75, 3.05) is 0 Å². The van der Waals surface area contributed by atoms with Gasteiger partial charge in [0.05, 0.1) is 0 Å². The van der Waals surface area contributed by atoms with Crippen LogP contribution in [0.5, 0.6) is 0 Å². The van der Waals surface area contributed by atoms with E-state index in [9.17, 15) is 0 Å². The molecular weight excluding hydrogens is 350 g/mol. The summed E-state index contributed by atoms with van der Waals surface area (Å²) in [6, 6.07) is 0.462. The zero-order valence-corrected chi connectivity index (χ0v) is 20.6. The molecule has 0 fully saturated rings. The number of hydrogen-bond donors (Lipinski definition) is 1. The molecule has 0 bridgehead atoms. The average Bonchev–Trinajstić information content (AvgIpc) is 2.72. The Bertz CT molecular complexity index is 309. The van der Waals surface area contributed by atoms with Crippen LogP contribution in [0.15, 0.2) is 12.2 Å². The van der Waals surface area contributed by atoms with Crippen LogP contribution in [0.2, 0.25) is 0 Å². The number of hydrogen-bond acceptors (Lipinski definition) is 1. The van der Waals surface area contributed by atoms with E-state index < -0.39 is 0 Å². The topological polar surface area (TPSA) is 26.0 Å². The van der Waals surface area contributed by atoms with Crippen molar-refractivity contribution >= 4 is 0 Å². The van der Waals surface area contributed by atoms with Gasteiger partial charge in [-0.15, -0.1) is 0 Å². The predicted octanol–water partition coefficient (Wildman–Crippen LogP) is 9.88. The number of nitrogens with two attached hydrogens (primary N) is 1. The maximum Gasteiger partial charge on any atom is 0.00388 e. The summed E-state index contributed by atoms with van der Waals surface area (Å²) in [5.74, 6) is 0. The van der Waals surface area contributed by atoms with Gasteiger partial charge < -0.3 is 5.73 Å². The Morgan fingerprint density at radius 1 is 0.448 bits per heavy atom. The van der Waals surface area contributed by atoms with Crippen molar-refractivity contribution in [3.8, 4) is 0 Å². The summed E-state index contributed by atoms with van der Waals surface area (Å²) in [7, 11) is 0. The third-order valence-electron chi connectivity index (χ3n) is 6.27. The van der Waals surface area contributed by atoms with Crippen LogP contribution in [-0.4, -0.2) is 6.04 Å². The van der Waals surface area contributed by atoms with E-state index in [2.05, 4.69) is 26.0 Å². The molecule has 0 aromatic rings. The van der Waals surface area contributed by atoms with Crippen molar-refractivity contribution in [2.45, 2.75) is 168 Å². The highest BCUT2D eigenvalue weighted by molar-refractivity contribution is 4.81. The second-order valence-electron chi connectivity index (χ2n) is 9.40. The van der Waals surface area contributed by atoms with Gasteiger partial charge in [0.15, 0.2) is 0 Å². The molecule has 0 saturated heterocycles. The number of allylic oxidation sites excluding steroid dienone is 2. The Labute approximate surface area is 185 Å². The maximum atomic E-state index is 6.30. The first-order valence-corrected chi connectivity index (χ1v) is 13.7. The molecule has 1 heteroatoms. The molecule has 0 saturated carbocycles. The zero-order chi connectivity index (χ0) is 21.3. The summed E-state index contributed by atoms with van der Waals surface area (Å²) >= 11 is 0. The Kier molecular flexibility index (Phi) is 25.5. The molecule has 0 radical (unpaired) electrons. The van der Waals surface area contributed by atoms with Crippen LogP contribution in [0.3, 0.4) is 0 Å². The largest absolute Gasteiger partial charge is 0.328 e. The van der Waals surface area contributed by atoms with Gasteiger partial charge in [0.1, 0.15) is 0 Å². The molecule has 0 aromatic heterocycles. The van der Waals surface area contributed by atoms with E-state index in [-0.39, 0.29) is 0 Å². The van der Waals surface area contributed by atoms with Crippen molar-refractivity contribution in [3.05, 3.63) is 12.2 Å². The Hall–Kier alpha value is -0.300. The highest BCUT2D eigenvalue weighted by Gasteiger charge is 2.02. The number of rotatable bonds is 24. The van der Waals surface area contributed by atoms with Gasteiger partial charge in [-0.1, -0.05) is 135 Å². The second-order valence-corrected chi connectivity index (χ2v) is 9.40. The Morgan fingerprint density at radius 2 is 0.759 bits per heavy atom. The highest BCUT2D eigenvalue weighted by Crippen LogP contribution is 2.14. The van der Waals surface area contributed by atoms with Gasteiger partial charge in [-0.3, -0.25) is 0 Å². The molecule has 1 nitrogen and oxygen atoms in total. The van der Waals surface area contributed by atoms with E-state index in [1.165, 1.54) is 148 Å². The van der Waals surface area contributed by atoms with Crippen molar-refractivity contribution in [1.82, 2.24) is 0 Å². The maximum absolute atomic E-state index is 6.30. The molecule has 29 heavy (non-hydrogen) atoms. The summed E-state index contributed by atoms with van der Waals surface area (Å²) in [6.07, 6.45) is 36.5. The van der Waals surface area contributed by atoms with Crippen LogP contribution in [-0.2, 0) is 0 Å². The van der Waals surface area contributed by atoms with Crippen LogP contribution >= 0.6 is 0 Å². The monoisotopic (exact) mass is 407 g/mol. The van der Waals surface area contributed by atoms with Crippen LogP contribution in [0.25, 0.3) is 0 Å². The lowest BCUT2D eigenvalue weighted by molar-refractivity contribution is 0.480. The highest BCUT2D eigenvalue weighted by atomic mass is 14.6. The van der Waals surface area contributed by atoms with E-state index in [1.54, 1.807) is 0 Å². The quantitative estimate of drug-likeness (QED) is 0.125. The molecule has 0 heterocycles. The molecule has 2 N–H and O–H groups in total. The average molecular weight is 408 g/mol. The zero-order valence-electron chi connectivity index (χ0n) is 20.6. The Morgan fingerprint density at radius 3 is 1.17 bits per heavy atom. The number of unbranched alkanes of at least 4 members (excludes halogenated alkanes) is 18. The van der Waals surface area contributed by atoms with Gasteiger partial charge in [0.2, 0.25) is 0 Å². The van der Waals surface area contributed by atoms with Crippen molar-refractivity contribution in [1.29, 1.82) is 0 Å². The minimum absolute atomic E-state index is 0.462. The van der Waals surface area contributed by atoms with E-state index in [0.717, 1.165) is 0 Å². The Balaban J connectivity index is 3.17. The molecule has 0 aliphatic rings. The van der Waals surface area contributed by atoms with Crippen molar-refractivity contribution in [2.24, 2.45) is 5.73 Å². The van der Waals surface area contributed by atoms with Crippen molar-refractivity contribution in [3.63, 3.8) is 0 Å². The van der Waals surface area contributed by atoms with E-state index >= 15 is 0 Å². The minimum Gasteiger partial charge on any atom is -0.328 e. The van der Waals surface area contributed by atoms with E-state index in [1.807, 2.05) is 0 Å². The minimum atomic E-state index is 0.462. The fourth-order valence-electron chi connectivity index (χ4n) is 4.16. The SMILES string of the molecule is CCCCCCC=CCCCCCCCCCC(N)CCCCCCCCCC. The van der Waals surface area contributed by atoms with Crippen LogP contribution in [0.4, 0.5) is 0 Å². The van der Waals surface area contributed by atoms with Gasteiger partial charge in [-0.2, -0.15) is 0 Å². The third kappa shape index (κ3) is 25.7. The molecule has 0 aromatic carbocycles. The lowest BCUT2D eigenvalue weighted by atomic mass is 10.0. The molecule has 0 amide bonds. The summed E-state index contributed by atoms with van der Waals surface area (Å²) in [5.41, 5.74) is 6.30. The third-order valence-corrected chi connectivity index (χ3v) is 6.27. The smallest absolute Gasteiger partial charge is 0.00388 e. The first kappa shape index (κ1) is 28.7. The molecule has 1 atom stereocenters. The molecule has 0 spiro atoms. The van der Waals surface area contributed by atoms with Crippen LogP contribution < -0.4 is 5.73 Å². The van der Waals surface area contributed by atoms with Gasteiger partial charge in [0, 0.05) is 6.04 Å². The van der Waals surface area contributed by atoms with E-state index in [0.29, 0.717) is 6.04 Å². The normalized spacial score (nSPS) is 12.8. The van der Waals surface area contributed by atoms with Gasteiger partial charge in [-0.25, -0.2) is 0 Å². The molecule has 0 aliphatic carbocycles. The lowest BCUT2D eigenvalue weighted by Gasteiger charge is -2.11. The predicted molar refractivity (Wildman–Crippen MR) is 135 cm³/mol. The molecule has 0 aliphatic heterocycles. The summed E-state index contributed by atoms with van der Waals surface area (Å²) < 4.78 is 0. The standard InChI is InChI=1S/C28H57N/c1-3-5-7-9-11-13-14-15-16-17-18-19-21-23-25-27-28(29)26-24-22-20-12-10-8-6-4-2/h13-14,28H,3-12,15-27,29H2,1-2H3. The first-order chi connectivity index (χ1) is 14.3. The summed E-state index contributed by atoms with van der Waals surface area (Å²) in [5, 5.41) is 0. The van der Waals surface area contributed by atoms with E-state index in [4.69, 9.17) is 5.73 Å².